The number of aromatic amines is 1. The summed E-state index contributed by atoms with van der Waals surface area (Å²) in [5.74, 6) is 0.268. The fourth-order valence-electron chi connectivity index (χ4n) is 2.31. The number of rotatable bonds is 6. The second kappa shape index (κ2) is 6.48. The third kappa shape index (κ3) is 3.48. The van der Waals surface area contributed by atoms with Gasteiger partial charge in [0.05, 0.1) is 6.21 Å². The van der Waals surface area contributed by atoms with Crippen LogP contribution < -0.4 is 5.43 Å². The van der Waals surface area contributed by atoms with Gasteiger partial charge in [0.15, 0.2) is 5.69 Å². The summed E-state index contributed by atoms with van der Waals surface area (Å²) in [5.41, 5.74) is 5.02. The number of benzene rings is 1. The first kappa shape index (κ1) is 15.0. The lowest BCUT2D eigenvalue weighted by molar-refractivity contribution is 0.0950. The Kier molecular flexibility index (Phi) is 4.23. The van der Waals surface area contributed by atoms with Crippen LogP contribution in [0.5, 0.6) is 5.75 Å². The first-order valence-corrected chi connectivity index (χ1v) is 7.49. The molecule has 3 N–H and O–H groups in total. The summed E-state index contributed by atoms with van der Waals surface area (Å²) in [7, 11) is 0. The minimum atomic E-state index is -0.383. The minimum absolute atomic E-state index is 0.140. The number of para-hydroxylation sites is 1. The maximum atomic E-state index is 12.0. The Bertz CT molecular complexity index is 760. The molecule has 0 bridgehead atoms. The smallest absolute Gasteiger partial charge is 0.291 e. The summed E-state index contributed by atoms with van der Waals surface area (Å²) in [6, 6.07) is 7.11. The van der Waals surface area contributed by atoms with Crippen LogP contribution in [0.2, 0.25) is 0 Å². The number of aromatic nitrogens is 2. The number of carbonyl (C=O) groups is 1. The van der Waals surface area contributed by atoms with Crippen LogP contribution >= 0.6 is 0 Å². The van der Waals surface area contributed by atoms with Crippen molar-refractivity contribution in [2.24, 2.45) is 5.10 Å². The molecule has 1 amide bonds. The third-order valence-electron chi connectivity index (χ3n) is 3.73. The van der Waals surface area contributed by atoms with Crippen molar-refractivity contribution in [1.82, 2.24) is 15.6 Å². The minimum Gasteiger partial charge on any atom is -0.507 e. The quantitative estimate of drug-likeness (QED) is 0.435. The molecule has 0 radical (unpaired) electrons. The molecule has 1 aromatic heterocycles. The number of H-pyrrole nitrogens is 1. The second-order valence-electron chi connectivity index (χ2n) is 5.53. The number of phenols is 1. The molecule has 0 atom stereocenters. The van der Waals surface area contributed by atoms with Crippen molar-refractivity contribution in [2.45, 2.75) is 25.2 Å². The zero-order valence-electron chi connectivity index (χ0n) is 12.6. The Hall–Kier alpha value is -2.89. The number of nitrogens with zero attached hydrogens (tertiary/aromatic N) is 2. The number of aromatic hydroxyl groups is 1. The number of carbonyl (C=O) groups excluding carboxylic acids is 1. The van der Waals surface area contributed by atoms with Crippen molar-refractivity contribution in [3.05, 3.63) is 59.4 Å². The molecule has 0 saturated heterocycles. The van der Waals surface area contributed by atoms with Crippen molar-refractivity contribution in [2.75, 3.05) is 0 Å². The maximum Gasteiger partial charge on any atom is 0.291 e. The van der Waals surface area contributed by atoms with E-state index in [-0.39, 0.29) is 11.7 Å². The Labute approximate surface area is 133 Å². The van der Waals surface area contributed by atoms with Gasteiger partial charge in [-0.05, 0) is 37.0 Å². The lowest BCUT2D eigenvalue weighted by Crippen LogP contribution is -2.18. The van der Waals surface area contributed by atoms with E-state index in [1.54, 1.807) is 18.2 Å². The summed E-state index contributed by atoms with van der Waals surface area (Å²) >= 11 is 0. The van der Waals surface area contributed by atoms with Crippen LogP contribution in [0.1, 0.15) is 46.1 Å². The van der Waals surface area contributed by atoms with Crippen LogP contribution in [0.3, 0.4) is 0 Å². The molecule has 1 aliphatic carbocycles. The second-order valence-corrected chi connectivity index (χ2v) is 5.53. The SMILES string of the molecule is C=CCc1cccc(/C=N\NC(=O)c2cc(C3CC3)[nH]n2)c1O. The van der Waals surface area contributed by atoms with Crippen molar-refractivity contribution >= 4 is 12.1 Å². The average molecular weight is 310 g/mol. The summed E-state index contributed by atoms with van der Waals surface area (Å²) < 4.78 is 0. The van der Waals surface area contributed by atoms with Crippen LogP contribution in [0.25, 0.3) is 0 Å². The van der Waals surface area contributed by atoms with Crippen molar-refractivity contribution in [1.29, 1.82) is 0 Å². The van der Waals surface area contributed by atoms with E-state index in [1.807, 2.05) is 12.1 Å². The monoisotopic (exact) mass is 310 g/mol. The fraction of sp³-hybridized carbons (Fsp3) is 0.235. The Morgan fingerprint density at radius 3 is 3.09 bits per heavy atom. The number of allylic oxidation sites excluding steroid dienone is 1. The molecule has 6 heteroatoms. The number of phenolic OH excluding ortho intramolecular Hbond substituents is 1. The van der Waals surface area contributed by atoms with E-state index in [0.29, 0.717) is 23.6 Å². The number of nitrogens with one attached hydrogen (secondary N) is 2. The summed E-state index contributed by atoms with van der Waals surface area (Å²) in [5, 5.41) is 20.9. The average Bonchev–Trinajstić information content (AvgIpc) is 3.28. The molecule has 23 heavy (non-hydrogen) atoms. The molecule has 0 unspecified atom stereocenters. The Balaban J connectivity index is 1.64. The van der Waals surface area contributed by atoms with Crippen molar-refractivity contribution in [3.8, 4) is 5.75 Å². The first-order chi connectivity index (χ1) is 11.2. The van der Waals surface area contributed by atoms with Crippen LogP contribution in [-0.4, -0.2) is 27.4 Å². The van der Waals surface area contributed by atoms with Crippen LogP contribution in [0, 0.1) is 0 Å². The van der Waals surface area contributed by atoms with E-state index in [2.05, 4.69) is 27.3 Å². The predicted molar refractivity (Wildman–Crippen MR) is 87.6 cm³/mol. The highest BCUT2D eigenvalue weighted by atomic mass is 16.3. The highest BCUT2D eigenvalue weighted by Gasteiger charge is 2.26. The van der Waals surface area contributed by atoms with Crippen molar-refractivity contribution < 1.29 is 9.90 Å². The van der Waals surface area contributed by atoms with E-state index in [9.17, 15) is 9.90 Å². The molecule has 1 heterocycles. The molecule has 1 aliphatic rings. The van der Waals surface area contributed by atoms with E-state index in [1.165, 1.54) is 6.21 Å². The van der Waals surface area contributed by atoms with Gasteiger partial charge in [0.25, 0.3) is 5.91 Å². The molecule has 3 rings (SSSR count). The summed E-state index contributed by atoms with van der Waals surface area (Å²) in [6.45, 7) is 3.65. The molecule has 1 fully saturated rings. The number of hydrazone groups is 1. The van der Waals surface area contributed by atoms with E-state index in [0.717, 1.165) is 24.1 Å². The van der Waals surface area contributed by atoms with Gasteiger partial charge < -0.3 is 5.11 Å². The maximum absolute atomic E-state index is 12.0. The highest BCUT2D eigenvalue weighted by Crippen LogP contribution is 2.38. The number of amides is 1. The Morgan fingerprint density at radius 2 is 2.35 bits per heavy atom. The van der Waals surface area contributed by atoms with Gasteiger partial charge in [-0.1, -0.05) is 18.2 Å². The molecule has 118 valence electrons. The van der Waals surface area contributed by atoms with E-state index < -0.39 is 0 Å². The van der Waals surface area contributed by atoms with E-state index in [4.69, 9.17) is 0 Å². The zero-order chi connectivity index (χ0) is 16.2. The van der Waals surface area contributed by atoms with Gasteiger partial charge in [0.2, 0.25) is 0 Å². The molecular weight excluding hydrogens is 292 g/mol. The predicted octanol–water partition coefficient (Wildman–Crippen LogP) is 2.49. The molecular formula is C17H18N4O2. The van der Waals surface area contributed by atoms with Crippen molar-refractivity contribution in [3.63, 3.8) is 0 Å². The van der Waals surface area contributed by atoms with Gasteiger partial charge in [0.1, 0.15) is 5.75 Å². The largest absolute Gasteiger partial charge is 0.507 e. The summed E-state index contributed by atoms with van der Waals surface area (Å²) in [6.07, 6.45) is 5.97. The van der Waals surface area contributed by atoms with Gasteiger partial charge in [-0.3, -0.25) is 9.89 Å². The molecule has 6 nitrogen and oxygen atoms in total. The standard InChI is InChI=1S/C17H18N4O2/c1-2-4-12-5-3-6-13(16(12)22)10-18-21-17(23)15-9-14(19-20-15)11-7-8-11/h2-3,5-6,9-11,22H,1,4,7-8H2,(H,19,20)(H,21,23)/b18-10-. The van der Waals surface area contributed by atoms with Gasteiger partial charge in [-0.25, -0.2) is 5.43 Å². The third-order valence-corrected chi connectivity index (χ3v) is 3.73. The topological polar surface area (TPSA) is 90.4 Å². The van der Waals surface area contributed by atoms with Crippen LogP contribution in [0.15, 0.2) is 42.0 Å². The highest BCUT2D eigenvalue weighted by molar-refractivity contribution is 5.93. The van der Waals surface area contributed by atoms with E-state index >= 15 is 0 Å². The normalized spacial score (nSPS) is 14.1. The zero-order valence-corrected chi connectivity index (χ0v) is 12.6. The fourth-order valence-corrected chi connectivity index (χ4v) is 2.31. The van der Waals surface area contributed by atoms with Gasteiger partial charge >= 0.3 is 0 Å². The summed E-state index contributed by atoms with van der Waals surface area (Å²) in [4.78, 5) is 12.0. The molecule has 0 aliphatic heterocycles. The molecule has 2 aromatic rings. The lowest BCUT2D eigenvalue weighted by Gasteiger charge is -2.04. The molecule has 1 aromatic carbocycles. The van der Waals surface area contributed by atoms with Gasteiger partial charge in [-0.15, -0.1) is 6.58 Å². The molecule has 1 saturated carbocycles. The van der Waals surface area contributed by atoms with Crippen LogP contribution in [-0.2, 0) is 6.42 Å². The van der Waals surface area contributed by atoms with Gasteiger partial charge in [0, 0.05) is 17.2 Å². The number of hydrogen-bond acceptors (Lipinski definition) is 4. The molecule has 0 spiro atoms. The van der Waals surface area contributed by atoms with Gasteiger partial charge in [-0.2, -0.15) is 10.2 Å². The first-order valence-electron chi connectivity index (χ1n) is 7.49. The number of hydrogen-bond donors (Lipinski definition) is 3. The lowest BCUT2D eigenvalue weighted by atomic mass is 10.1. The van der Waals surface area contributed by atoms with Crippen LogP contribution in [0.4, 0.5) is 0 Å². The Morgan fingerprint density at radius 1 is 1.52 bits per heavy atom.